The lowest BCUT2D eigenvalue weighted by molar-refractivity contribution is -0.151. The lowest BCUT2D eigenvalue weighted by Gasteiger charge is -2.18. The number of esters is 1. The first kappa shape index (κ1) is 22.8. The molecular formula is C23H25N3O6. The first-order chi connectivity index (χ1) is 15.3. The van der Waals surface area contributed by atoms with Crippen LogP contribution in [0.3, 0.4) is 0 Å². The topological polar surface area (TPSA) is 114 Å². The average Bonchev–Trinajstić information content (AvgIpc) is 3.14. The Morgan fingerprint density at radius 1 is 1.09 bits per heavy atom. The third-order valence-electron chi connectivity index (χ3n) is 5.18. The standard InChI is InChI=1S/C23H25N3O6/c1-14-8-9-17(10-15(14)2)24-20(27)13-32-23(30)16-11-21(28)26(12-16)25-22(29)18-6-4-5-7-19(18)31-3/h4-10,16H,11-13H2,1-3H3,(H,24,27)(H,25,29)/t16-/m1/s1. The van der Waals surface area contributed by atoms with Gasteiger partial charge in [-0.1, -0.05) is 18.2 Å². The summed E-state index contributed by atoms with van der Waals surface area (Å²) >= 11 is 0. The molecule has 1 heterocycles. The third-order valence-corrected chi connectivity index (χ3v) is 5.18. The van der Waals surface area contributed by atoms with Gasteiger partial charge in [0.2, 0.25) is 5.91 Å². The van der Waals surface area contributed by atoms with E-state index in [0.29, 0.717) is 11.4 Å². The Morgan fingerprint density at radius 2 is 1.84 bits per heavy atom. The quantitative estimate of drug-likeness (QED) is 0.638. The van der Waals surface area contributed by atoms with Crippen molar-refractivity contribution in [3.63, 3.8) is 0 Å². The molecule has 32 heavy (non-hydrogen) atoms. The highest BCUT2D eigenvalue weighted by Gasteiger charge is 2.37. The van der Waals surface area contributed by atoms with Crippen molar-refractivity contribution in [2.75, 3.05) is 25.6 Å². The van der Waals surface area contributed by atoms with Crippen molar-refractivity contribution in [1.29, 1.82) is 0 Å². The normalized spacial score (nSPS) is 15.3. The molecule has 1 aliphatic rings. The fourth-order valence-electron chi connectivity index (χ4n) is 3.26. The number of amides is 3. The number of nitrogens with zero attached hydrogens (tertiary/aromatic N) is 1. The minimum atomic E-state index is -0.783. The Kier molecular flexibility index (Phi) is 7.09. The summed E-state index contributed by atoms with van der Waals surface area (Å²) in [4.78, 5) is 49.1. The Balaban J connectivity index is 1.50. The van der Waals surface area contributed by atoms with Crippen LogP contribution in [0, 0.1) is 19.8 Å². The fourth-order valence-corrected chi connectivity index (χ4v) is 3.26. The van der Waals surface area contributed by atoms with E-state index in [1.807, 2.05) is 26.0 Å². The Labute approximate surface area is 185 Å². The molecule has 0 radical (unpaired) electrons. The highest BCUT2D eigenvalue weighted by atomic mass is 16.5. The van der Waals surface area contributed by atoms with Crippen molar-refractivity contribution >= 4 is 29.4 Å². The third kappa shape index (κ3) is 5.42. The zero-order valence-corrected chi connectivity index (χ0v) is 18.1. The minimum absolute atomic E-state index is 0.0443. The van der Waals surface area contributed by atoms with Gasteiger partial charge in [0.1, 0.15) is 5.75 Å². The molecule has 3 amide bonds. The molecule has 1 aliphatic heterocycles. The van der Waals surface area contributed by atoms with E-state index in [0.717, 1.165) is 16.1 Å². The summed E-state index contributed by atoms with van der Waals surface area (Å²) in [5, 5.41) is 3.75. The molecule has 1 fully saturated rings. The summed E-state index contributed by atoms with van der Waals surface area (Å²) in [6.07, 6.45) is -0.121. The lowest BCUT2D eigenvalue weighted by Crippen LogP contribution is -2.43. The molecule has 0 aromatic heterocycles. The van der Waals surface area contributed by atoms with E-state index < -0.39 is 36.2 Å². The number of hydrogen-bond donors (Lipinski definition) is 2. The van der Waals surface area contributed by atoms with E-state index in [9.17, 15) is 19.2 Å². The van der Waals surface area contributed by atoms with Gasteiger partial charge in [0.25, 0.3) is 11.8 Å². The molecule has 168 valence electrons. The summed E-state index contributed by atoms with van der Waals surface area (Å²) in [5.41, 5.74) is 5.48. The van der Waals surface area contributed by atoms with Crippen molar-refractivity contribution in [3.8, 4) is 5.75 Å². The number of hydrazine groups is 1. The van der Waals surface area contributed by atoms with Gasteiger partial charge in [0, 0.05) is 12.1 Å². The molecule has 2 aromatic carbocycles. The molecule has 2 N–H and O–H groups in total. The average molecular weight is 439 g/mol. The van der Waals surface area contributed by atoms with E-state index in [4.69, 9.17) is 9.47 Å². The minimum Gasteiger partial charge on any atom is -0.496 e. The Morgan fingerprint density at radius 3 is 2.56 bits per heavy atom. The molecule has 9 heteroatoms. The van der Waals surface area contributed by atoms with Gasteiger partial charge < -0.3 is 14.8 Å². The number of benzene rings is 2. The van der Waals surface area contributed by atoms with Gasteiger partial charge in [0.15, 0.2) is 6.61 Å². The van der Waals surface area contributed by atoms with Crippen LogP contribution in [0.5, 0.6) is 5.75 Å². The lowest BCUT2D eigenvalue weighted by atomic mass is 10.1. The first-order valence-corrected chi connectivity index (χ1v) is 10.1. The second kappa shape index (κ2) is 9.95. The number of nitrogens with one attached hydrogen (secondary N) is 2. The summed E-state index contributed by atoms with van der Waals surface area (Å²) in [7, 11) is 1.44. The molecule has 1 atom stereocenters. The molecule has 9 nitrogen and oxygen atoms in total. The molecule has 1 saturated heterocycles. The molecule has 0 bridgehead atoms. The van der Waals surface area contributed by atoms with E-state index >= 15 is 0 Å². The van der Waals surface area contributed by atoms with Gasteiger partial charge >= 0.3 is 5.97 Å². The highest BCUT2D eigenvalue weighted by Crippen LogP contribution is 2.21. The summed E-state index contributed by atoms with van der Waals surface area (Å²) in [6.45, 7) is 3.38. The van der Waals surface area contributed by atoms with Crippen LogP contribution in [0.4, 0.5) is 5.69 Å². The van der Waals surface area contributed by atoms with Crippen molar-refractivity contribution in [2.45, 2.75) is 20.3 Å². The van der Waals surface area contributed by atoms with Crippen LogP contribution in [-0.4, -0.2) is 49.0 Å². The Hall–Kier alpha value is -3.88. The number of anilines is 1. The number of carbonyl (C=O) groups is 4. The number of methoxy groups -OCH3 is 1. The van der Waals surface area contributed by atoms with E-state index in [1.54, 1.807) is 30.3 Å². The largest absolute Gasteiger partial charge is 0.496 e. The predicted molar refractivity (Wildman–Crippen MR) is 116 cm³/mol. The van der Waals surface area contributed by atoms with E-state index in [-0.39, 0.29) is 18.5 Å². The smallest absolute Gasteiger partial charge is 0.311 e. The molecular weight excluding hydrogens is 414 g/mol. The number of rotatable bonds is 7. The van der Waals surface area contributed by atoms with Crippen LogP contribution >= 0.6 is 0 Å². The van der Waals surface area contributed by atoms with Crippen molar-refractivity contribution < 1.29 is 28.7 Å². The maximum Gasteiger partial charge on any atom is 0.311 e. The molecule has 0 spiro atoms. The van der Waals surface area contributed by atoms with Crippen molar-refractivity contribution in [2.24, 2.45) is 5.92 Å². The van der Waals surface area contributed by atoms with Crippen molar-refractivity contribution in [1.82, 2.24) is 10.4 Å². The zero-order chi connectivity index (χ0) is 23.3. The molecule has 3 rings (SSSR count). The van der Waals surface area contributed by atoms with Gasteiger partial charge in [-0.3, -0.25) is 29.6 Å². The number of aryl methyl sites for hydroxylation is 2. The van der Waals surface area contributed by atoms with E-state index in [2.05, 4.69) is 10.7 Å². The van der Waals surface area contributed by atoms with Gasteiger partial charge in [-0.05, 0) is 49.2 Å². The van der Waals surface area contributed by atoms with Crippen LogP contribution in [0.2, 0.25) is 0 Å². The van der Waals surface area contributed by atoms with E-state index in [1.165, 1.54) is 7.11 Å². The molecule has 2 aromatic rings. The monoisotopic (exact) mass is 439 g/mol. The van der Waals surface area contributed by atoms with Crippen molar-refractivity contribution in [3.05, 3.63) is 59.2 Å². The summed E-state index contributed by atoms with van der Waals surface area (Å²) in [6, 6.07) is 12.1. The van der Waals surface area contributed by atoms with Crippen LogP contribution in [0.15, 0.2) is 42.5 Å². The van der Waals surface area contributed by atoms with Crippen LogP contribution in [0.25, 0.3) is 0 Å². The summed E-state index contributed by atoms with van der Waals surface area (Å²) < 4.78 is 10.2. The molecule has 0 aliphatic carbocycles. The SMILES string of the molecule is COc1ccccc1C(=O)NN1C[C@H](C(=O)OCC(=O)Nc2ccc(C)c(C)c2)CC1=O. The Bertz CT molecular complexity index is 1050. The number of carbonyl (C=O) groups excluding carboxylic acids is 4. The number of hydrogen-bond acceptors (Lipinski definition) is 6. The maximum absolute atomic E-state index is 12.5. The number of ether oxygens (including phenoxy) is 2. The first-order valence-electron chi connectivity index (χ1n) is 10.1. The second-order valence-corrected chi connectivity index (χ2v) is 7.50. The fraction of sp³-hybridized carbons (Fsp3) is 0.304. The van der Waals surface area contributed by atoms with Gasteiger partial charge in [-0.25, -0.2) is 0 Å². The maximum atomic E-state index is 12.5. The van der Waals surface area contributed by atoms with Gasteiger partial charge in [0.05, 0.1) is 25.1 Å². The zero-order valence-electron chi connectivity index (χ0n) is 18.1. The van der Waals surface area contributed by atoms with Crippen LogP contribution in [0.1, 0.15) is 27.9 Å². The van der Waals surface area contributed by atoms with Crippen LogP contribution in [-0.2, 0) is 19.1 Å². The molecule has 0 unspecified atom stereocenters. The predicted octanol–water partition coefficient (Wildman–Crippen LogP) is 1.99. The molecule has 0 saturated carbocycles. The summed E-state index contributed by atoms with van der Waals surface area (Å²) in [5.74, 6) is -2.53. The van der Waals surface area contributed by atoms with Gasteiger partial charge in [-0.15, -0.1) is 0 Å². The number of para-hydroxylation sites is 1. The van der Waals surface area contributed by atoms with Crippen LogP contribution < -0.4 is 15.5 Å². The highest BCUT2D eigenvalue weighted by molar-refractivity contribution is 5.98. The van der Waals surface area contributed by atoms with Gasteiger partial charge in [-0.2, -0.15) is 0 Å². The second-order valence-electron chi connectivity index (χ2n) is 7.50.